The molecule has 0 radical (unpaired) electrons. The van der Waals surface area contributed by atoms with Crippen LogP contribution in [0.3, 0.4) is 0 Å². The number of nitrogens with zero attached hydrogens (tertiary/aromatic N) is 1. The Bertz CT molecular complexity index is 741. The van der Waals surface area contributed by atoms with Crippen LogP contribution < -0.4 is 4.74 Å². The monoisotopic (exact) mass is 307 g/mol. The molecule has 0 amide bonds. The van der Waals surface area contributed by atoms with Gasteiger partial charge in [-0.25, -0.2) is 8.78 Å². The van der Waals surface area contributed by atoms with Gasteiger partial charge >= 0.3 is 0 Å². The minimum atomic E-state index is -1.66. The van der Waals surface area contributed by atoms with Crippen molar-refractivity contribution in [1.82, 2.24) is 0 Å². The van der Waals surface area contributed by atoms with Gasteiger partial charge in [-0.3, -0.25) is 4.21 Å². The minimum absolute atomic E-state index is 0.0290. The Kier molecular flexibility index (Phi) is 4.66. The van der Waals surface area contributed by atoms with Crippen LogP contribution in [-0.4, -0.2) is 11.3 Å². The summed E-state index contributed by atoms with van der Waals surface area (Å²) in [5, 5.41) is 8.99. The number of hydrogen-bond acceptors (Lipinski definition) is 3. The van der Waals surface area contributed by atoms with Crippen LogP contribution in [0.5, 0.6) is 5.75 Å². The Balaban J connectivity index is 2.26. The van der Waals surface area contributed by atoms with Crippen molar-refractivity contribution in [2.75, 3.05) is 7.11 Å². The smallest absolute Gasteiger partial charge is 0.142 e. The molecule has 6 heteroatoms. The summed E-state index contributed by atoms with van der Waals surface area (Å²) in [6.07, 6.45) is 0. The molecule has 1 unspecified atom stereocenters. The average Bonchev–Trinajstić information content (AvgIpc) is 2.46. The molecular formula is C15H11F2NO2S. The fourth-order valence-corrected chi connectivity index (χ4v) is 2.96. The molecule has 2 aromatic rings. The van der Waals surface area contributed by atoms with E-state index in [4.69, 9.17) is 10.00 Å². The Hall–Kier alpha value is -2.26. The number of hydrogen-bond donors (Lipinski definition) is 0. The van der Waals surface area contributed by atoms with Crippen molar-refractivity contribution in [3.63, 3.8) is 0 Å². The van der Waals surface area contributed by atoms with Gasteiger partial charge in [-0.1, -0.05) is 6.07 Å². The van der Waals surface area contributed by atoms with Crippen LogP contribution in [0, 0.1) is 23.0 Å². The van der Waals surface area contributed by atoms with Gasteiger partial charge in [-0.15, -0.1) is 0 Å². The molecule has 0 aromatic heterocycles. The third kappa shape index (κ3) is 3.44. The van der Waals surface area contributed by atoms with Crippen LogP contribution in [0.2, 0.25) is 0 Å². The SMILES string of the molecule is COc1ccc(CS(=O)c2ccc(F)cc2F)cc1C#N. The maximum Gasteiger partial charge on any atom is 0.142 e. The van der Waals surface area contributed by atoms with Crippen molar-refractivity contribution >= 4 is 10.8 Å². The van der Waals surface area contributed by atoms with E-state index in [1.54, 1.807) is 12.1 Å². The van der Waals surface area contributed by atoms with E-state index in [-0.39, 0.29) is 10.6 Å². The lowest BCUT2D eigenvalue weighted by Crippen LogP contribution is -2.01. The van der Waals surface area contributed by atoms with Gasteiger partial charge < -0.3 is 4.74 Å². The third-order valence-electron chi connectivity index (χ3n) is 2.82. The van der Waals surface area contributed by atoms with Gasteiger partial charge in [0.05, 0.1) is 34.1 Å². The number of methoxy groups -OCH3 is 1. The Morgan fingerprint density at radius 1 is 1.24 bits per heavy atom. The van der Waals surface area contributed by atoms with Crippen molar-refractivity contribution in [2.24, 2.45) is 0 Å². The van der Waals surface area contributed by atoms with Gasteiger partial charge in [0.2, 0.25) is 0 Å². The highest BCUT2D eigenvalue weighted by atomic mass is 32.2. The summed E-state index contributed by atoms with van der Waals surface area (Å²) in [4.78, 5) is -0.0641. The molecule has 0 aliphatic heterocycles. The lowest BCUT2D eigenvalue weighted by atomic mass is 10.1. The van der Waals surface area contributed by atoms with Gasteiger partial charge in [-0.05, 0) is 29.8 Å². The second-order valence-corrected chi connectivity index (χ2v) is 5.63. The van der Waals surface area contributed by atoms with Crippen molar-refractivity contribution in [3.05, 3.63) is 59.2 Å². The lowest BCUT2D eigenvalue weighted by molar-refractivity contribution is 0.413. The molecule has 0 spiro atoms. The molecule has 2 aromatic carbocycles. The van der Waals surface area contributed by atoms with Gasteiger partial charge in [0, 0.05) is 6.07 Å². The van der Waals surface area contributed by atoms with E-state index in [0.717, 1.165) is 12.1 Å². The van der Waals surface area contributed by atoms with E-state index in [1.807, 2.05) is 6.07 Å². The zero-order valence-corrected chi connectivity index (χ0v) is 11.9. The molecule has 0 fully saturated rings. The van der Waals surface area contributed by atoms with Crippen molar-refractivity contribution < 1.29 is 17.7 Å². The minimum Gasteiger partial charge on any atom is -0.495 e. The summed E-state index contributed by atoms with van der Waals surface area (Å²) >= 11 is 0. The number of rotatable bonds is 4. The predicted octanol–water partition coefficient (Wildman–Crippen LogP) is 3.15. The average molecular weight is 307 g/mol. The predicted molar refractivity (Wildman–Crippen MR) is 74.2 cm³/mol. The summed E-state index contributed by atoms with van der Waals surface area (Å²) in [5.74, 6) is -1.12. The summed E-state index contributed by atoms with van der Waals surface area (Å²) in [5.41, 5.74) is 0.918. The highest BCUT2D eigenvalue weighted by Crippen LogP contribution is 2.22. The Morgan fingerprint density at radius 2 is 2.00 bits per heavy atom. The highest BCUT2D eigenvalue weighted by molar-refractivity contribution is 7.84. The fourth-order valence-electron chi connectivity index (χ4n) is 1.82. The van der Waals surface area contributed by atoms with E-state index < -0.39 is 22.4 Å². The van der Waals surface area contributed by atoms with Crippen LogP contribution in [0.1, 0.15) is 11.1 Å². The van der Waals surface area contributed by atoms with Gasteiger partial charge in [0.15, 0.2) is 0 Å². The Labute approximate surface area is 123 Å². The van der Waals surface area contributed by atoms with E-state index in [0.29, 0.717) is 22.9 Å². The number of benzene rings is 2. The second-order valence-electron chi connectivity index (χ2n) is 4.21. The maximum atomic E-state index is 13.6. The topological polar surface area (TPSA) is 50.1 Å². The summed E-state index contributed by atoms with van der Waals surface area (Å²) < 4.78 is 43.5. The zero-order valence-electron chi connectivity index (χ0n) is 11.1. The first-order chi connectivity index (χ1) is 10.0. The first-order valence-corrected chi connectivity index (χ1v) is 7.27. The van der Waals surface area contributed by atoms with E-state index in [1.165, 1.54) is 13.2 Å². The zero-order chi connectivity index (χ0) is 15.4. The molecular weight excluding hydrogens is 296 g/mol. The second kappa shape index (κ2) is 6.46. The fraction of sp³-hybridized carbons (Fsp3) is 0.133. The van der Waals surface area contributed by atoms with Crippen LogP contribution in [0.4, 0.5) is 8.78 Å². The molecule has 21 heavy (non-hydrogen) atoms. The molecule has 0 heterocycles. The summed E-state index contributed by atoms with van der Waals surface area (Å²) in [6, 6.07) is 9.67. The lowest BCUT2D eigenvalue weighted by Gasteiger charge is -2.07. The number of nitriles is 1. The molecule has 3 nitrogen and oxygen atoms in total. The van der Waals surface area contributed by atoms with Gasteiger partial charge in [0.1, 0.15) is 23.5 Å². The van der Waals surface area contributed by atoms with Crippen molar-refractivity contribution in [2.45, 2.75) is 10.6 Å². The van der Waals surface area contributed by atoms with Gasteiger partial charge in [-0.2, -0.15) is 5.26 Å². The molecule has 108 valence electrons. The molecule has 0 bridgehead atoms. The van der Waals surface area contributed by atoms with E-state index >= 15 is 0 Å². The third-order valence-corrected chi connectivity index (χ3v) is 4.24. The molecule has 2 rings (SSSR count). The molecule has 0 saturated carbocycles. The molecule has 0 saturated heterocycles. The largest absolute Gasteiger partial charge is 0.495 e. The van der Waals surface area contributed by atoms with Crippen molar-refractivity contribution in [3.8, 4) is 11.8 Å². The molecule has 1 atom stereocenters. The maximum absolute atomic E-state index is 13.6. The molecule has 0 aliphatic rings. The Morgan fingerprint density at radius 3 is 2.62 bits per heavy atom. The number of ether oxygens (including phenoxy) is 1. The summed E-state index contributed by atoms with van der Waals surface area (Å²) in [7, 11) is -0.219. The highest BCUT2D eigenvalue weighted by Gasteiger charge is 2.13. The molecule has 0 aliphatic carbocycles. The molecule has 0 N–H and O–H groups in total. The first-order valence-electron chi connectivity index (χ1n) is 5.95. The van der Waals surface area contributed by atoms with E-state index in [2.05, 4.69) is 0 Å². The van der Waals surface area contributed by atoms with E-state index in [9.17, 15) is 13.0 Å². The van der Waals surface area contributed by atoms with Crippen LogP contribution in [0.15, 0.2) is 41.3 Å². The quantitative estimate of drug-likeness (QED) is 0.872. The summed E-state index contributed by atoms with van der Waals surface area (Å²) in [6.45, 7) is 0. The van der Waals surface area contributed by atoms with Crippen LogP contribution in [0.25, 0.3) is 0 Å². The van der Waals surface area contributed by atoms with Crippen LogP contribution >= 0.6 is 0 Å². The van der Waals surface area contributed by atoms with Crippen LogP contribution in [-0.2, 0) is 16.6 Å². The first kappa shape index (κ1) is 15.1. The van der Waals surface area contributed by atoms with Gasteiger partial charge in [0.25, 0.3) is 0 Å². The van der Waals surface area contributed by atoms with Crippen molar-refractivity contribution in [1.29, 1.82) is 5.26 Å². The standard InChI is InChI=1S/C15H11F2NO2S/c1-20-14-4-2-10(6-11(14)8-18)9-21(19)15-5-3-12(16)7-13(15)17/h2-7H,9H2,1H3. The normalized spacial score (nSPS) is 11.7. The number of halogens is 2.